The number of amides is 3. The molecular formula is C22H24ClN3O4. The smallest absolute Gasteiger partial charge is 0.265 e. The largest absolute Gasteiger partial charge is 0.495 e. The topological polar surface area (TPSA) is 87.7 Å². The zero-order chi connectivity index (χ0) is 22.1. The summed E-state index contributed by atoms with van der Waals surface area (Å²) in [7, 11) is 1.44. The van der Waals surface area contributed by atoms with Gasteiger partial charge in [-0.25, -0.2) is 10.3 Å². The molecule has 2 aromatic carbocycles. The van der Waals surface area contributed by atoms with Crippen molar-refractivity contribution in [3.05, 3.63) is 58.6 Å². The lowest BCUT2D eigenvalue weighted by Crippen LogP contribution is -2.48. The summed E-state index contributed by atoms with van der Waals surface area (Å²) in [6, 6.07) is 11.0. The van der Waals surface area contributed by atoms with E-state index in [2.05, 4.69) is 31.6 Å². The quantitative estimate of drug-likeness (QED) is 0.563. The normalized spacial score (nSPS) is 16.7. The van der Waals surface area contributed by atoms with E-state index in [0.717, 1.165) is 10.5 Å². The second kappa shape index (κ2) is 8.45. The summed E-state index contributed by atoms with van der Waals surface area (Å²) in [5, 5.41) is 0.370. The summed E-state index contributed by atoms with van der Waals surface area (Å²) in [5.41, 5.74) is 6.99. The van der Waals surface area contributed by atoms with Gasteiger partial charge in [0, 0.05) is 10.6 Å². The molecule has 1 saturated heterocycles. The molecule has 1 heterocycles. The number of imide groups is 1. The van der Waals surface area contributed by atoms with Crippen LogP contribution < -0.4 is 20.5 Å². The minimum absolute atomic E-state index is 0.0191. The maximum absolute atomic E-state index is 12.8. The fourth-order valence-electron chi connectivity index (χ4n) is 3.18. The lowest BCUT2D eigenvalue weighted by Gasteiger charge is -2.19. The van der Waals surface area contributed by atoms with Gasteiger partial charge < -0.3 is 4.74 Å². The Hall–Kier alpha value is -2.90. The zero-order valence-corrected chi connectivity index (χ0v) is 18.0. The Kier molecular flexibility index (Phi) is 6.14. The molecule has 158 valence electrons. The molecular weight excluding hydrogens is 406 g/mol. The number of ether oxygens (including phenoxy) is 1. The molecule has 3 rings (SSSR count). The third-order valence-corrected chi connectivity index (χ3v) is 5.14. The highest BCUT2D eigenvalue weighted by molar-refractivity contribution is 6.31. The van der Waals surface area contributed by atoms with E-state index >= 15 is 0 Å². The van der Waals surface area contributed by atoms with Gasteiger partial charge in [-0.2, -0.15) is 0 Å². The first-order valence-corrected chi connectivity index (χ1v) is 9.86. The SMILES string of the molecule is COc1ccc(Cl)cc1N1C(=O)C[C@@H](NNC(=O)c2ccc(C(C)(C)C)cc2)C1=O. The highest BCUT2D eigenvalue weighted by Crippen LogP contribution is 2.34. The third-order valence-electron chi connectivity index (χ3n) is 4.90. The van der Waals surface area contributed by atoms with Crippen molar-refractivity contribution in [1.82, 2.24) is 10.9 Å². The average molecular weight is 430 g/mol. The van der Waals surface area contributed by atoms with Crippen molar-refractivity contribution in [1.29, 1.82) is 0 Å². The molecule has 1 atom stereocenters. The Morgan fingerprint density at radius 2 is 1.80 bits per heavy atom. The minimum atomic E-state index is -0.890. The van der Waals surface area contributed by atoms with Gasteiger partial charge in [0.2, 0.25) is 5.91 Å². The van der Waals surface area contributed by atoms with Crippen molar-refractivity contribution in [2.24, 2.45) is 0 Å². The van der Waals surface area contributed by atoms with Crippen LogP contribution in [0.3, 0.4) is 0 Å². The number of halogens is 1. The predicted octanol–water partition coefficient (Wildman–Crippen LogP) is 3.21. The lowest BCUT2D eigenvalue weighted by molar-refractivity contribution is -0.121. The van der Waals surface area contributed by atoms with Crippen LogP contribution in [-0.2, 0) is 15.0 Å². The fourth-order valence-corrected chi connectivity index (χ4v) is 3.35. The van der Waals surface area contributed by atoms with Crippen molar-refractivity contribution in [2.75, 3.05) is 12.0 Å². The average Bonchev–Trinajstić information content (AvgIpc) is 2.98. The van der Waals surface area contributed by atoms with Gasteiger partial charge in [0.15, 0.2) is 0 Å². The van der Waals surface area contributed by atoms with Crippen LogP contribution in [0, 0.1) is 0 Å². The minimum Gasteiger partial charge on any atom is -0.495 e. The number of hydrazine groups is 1. The first-order chi connectivity index (χ1) is 14.1. The van der Waals surface area contributed by atoms with Gasteiger partial charge in [-0.1, -0.05) is 44.5 Å². The van der Waals surface area contributed by atoms with Crippen LogP contribution in [-0.4, -0.2) is 30.9 Å². The van der Waals surface area contributed by atoms with E-state index in [1.807, 2.05) is 12.1 Å². The molecule has 8 heteroatoms. The summed E-state index contributed by atoms with van der Waals surface area (Å²) >= 11 is 6.02. The number of hydrogen-bond acceptors (Lipinski definition) is 5. The van der Waals surface area contributed by atoms with E-state index in [1.54, 1.807) is 24.3 Å². The molecule has 0 saturated carbocycles. The number of anilines is 1. The fraction of sp³-hybridized carbons (Fsp3) is 0.318. The lowest BCUT2D eigenvalue weighted by atomic mass is 9.87. The molecule has 0 unspecified atom stereocenters. The Morgan fingerprint density at radius 1 is 1.13 bits per heavy atom. The Balaban J connectivity index is 1.69. The number of hydrogen-bond donors (Lipinski definition) is 2. The Bertz CT molecular complexity index is 983. The highest BCUT2D eigenvalue weighted by atomic mass is 35.5. The number of benzene rings is 2. The Morgan fingerprint density at radius 3 is 2.40 bits per heavy atom. The molecule has 0 radical (unpaired) electrons. The molecule has 0 spiro atoms. The van der Waals surface area contributed by atoms with Crippen molar-refractivity contribution in [2.45, 2.75) is 38.6 Å². The van der Waals surface area contributed by atoms with Gasteiger partial charge in [-0.15, -0.1) is 0 Å². The number of carbonyl (C=O) groups excluding carboxylic acids is 3. The van der Waals surface area contributed by atoms with Crippen molar-refractivity contribution >= 4 is 35.0 Å². The van der Waals surface area contributed by atoms with Crippen LogP contribution in [0.4, 0.5) is 5.69 Å². The second-order valence-corrected chi connectivity index (χ2v) is 8.50. The molecule has 1 fully saturated rings. The molecule has 0 bridgehead atoms. The molecule has 2 N–H and O–H groups in total. The van der Waals surface area contributed by atoms with Crippen molar-refractivity contribution in [3.63, 3.8) is 0 Å². The molecule has 2 aromatic rings. The van der Waals surface area contributed by atoms with E-state index in [-0.39, 0.29) is 17.5 Å². The summed E-state index contributed by atoms with van der Waals surface area (Å²) in [5.74, 6) is -0.954. The van der Waals surface area contributed by atoms with Gasteiger partial charge >= 0.3 is 0 Å². The first kappa shape index (κ1) is 21.8. The number of nitrogens with one attached hydrogen (secondary N) is 2. The second-order valence-electron chi connectivity index (χ2n) is 8.07. The van der Waals surface area contributed by atoms with Crippen LogP contribution >= 0.6 is 11.6 Å². The number of carbonyl (C=O) groups is 3. The molecule has 0 aromatic heterocycles. The zero-order valence-electron chi connectivity index (χ0n) is 17.3. The summed E-state index contributed by atoms with van der Waals surface area (Å²) < 4.78 is 5.24. The van der Waals surface area contributed by atoms with Crippen LogP contribution in [0.1, 0.15) is 43.1 Å². The molecule has 1 aliphatic rings. The Labute approximate surface area is 180 Å². The summed E-state index contributed by atoms with van der Waals surface area (Å²) in [6.07, 6.45) is -0.0995. The van der Waals surface area contributed by atoms with E-state index in [1.165, 1.54) is 13.2 Å². The monoisotopic (exact) mass is 429 g/mol. The molecule has 3 amide bonds. The third kappa shape index (κ3) is 4.47. The number of methoxy groups -OCH3 is 1. The summed E-state index contributed by atoms with van der Waals surface area (Å²) in [6.45, 7) is 6.27. The van der Waals surface area contributed by atoms with Gasteiger partial charge in [0.25, 0.3) is 11.8 Å². The standard InChI is InChI=1S/C22H24ClN3O4/c1-22(2,3)14-7-5-13(6-8-14)20(28)25-24-16-12-19(27)26(21(16)29)17-11-15(23)9-10-18(17)30-4/h5-11,16,24H,12H2,1-4H3,(H,25,28)/t16-/m1/s1. The van der Waals surface area contributed by atoms with E-state index in [9.17, 15) is 14.4 Å². The first-order valence-electron chi connectivity index (χ1n) is 9.48. The maximum atomic E-state index is 12.8. The highest BCUT2D eigenvalue weighted by Gasteiger charge is 2.41. The van der Waals surface area contributed by atoms with E-state index in [0.29, 0.717) is 16.3 Å². The van der Waals surface area contributed by atoms with Crippen molar-refractivity contribution in [3.8, 4) is 5.75 Å². The van der Waals surface area contributed by atoms with Gasteiger partial charge in [-0.05, 0) is 41.3 Å². The summed E-state index contributed by atoms with van der Waals surface area (Å²) in [4.78, 5) is 38.7. The maximum Gasteiger partial charge on any atom is 0.265 e. The van der Waals surface area contributed by atoms with Crippen LogP contribution in [0.2, 0.25) is 5.02 Å². The van der Waals surface area contributed by atoms with Gasteiger partial charge in [0.05, 0.1) is 19.2 Å². The molecule has 30 heavy (non-hydrogen) atoms. The van der Waals surface area contributed by atoms with Crippen LogP contribution in [0.25, 0.3) is 0 Å². The predicted molar refractivity (Wildman–Crippen MR) is 115 cm³/mol. The van der Waals surface area contributed by atoms with Crippen molar-refractivity contribution < 1.29 is 19.1 Å². The van der Waals surface area contributed by atoms with Gasteiger partial charge in [0.1, 0.15) is 11.8 Å². The van der Waals surface area contributed by atoms with Crippen LogP contribution in [0.15, 0.2) is 42.5 Å². The van der Waals surface area contributed by atoms with Gasteiger partial charge in [-0.3, -0.25) is 19.8 Å². The molecule has 7 nitrogen and oxygen atoms in total. The molecule has 0 aliphatic carbocycles. The van der Waals surface area contributed by atoms with E-state index < -0.39 is 23.8 Å². The molecule has 1 aliphatic heterocycles. The number of nitrogens with zero attached hydrogens (tertiary/aromatic N) is 1. The van der Waals surface area contributed by atoms with E-state index in [4.69, 9.17) is 16.3 Å². The number of rotatable bonds is 5. The van der Waals surface area contributed by atoms with Crippen LogP contribution in [0.5, 0.6) is 5.75 Å².